The second-order valence-electron chi connectivity index (χ2n) is 16.7. The third kappa shape index (κ3) is 9.81. The molecule has 51 heavy (non-hydrogen) atoms. The minimum Gasteiger partial charge on any atom is -0.459 e. The zero-order valence-corrected chi connectivity index (χ0v) is 32.5. The molecule has 6 N–H and O–H groups in total. The molecular formula is C37H68N2O12. The number of hydrogen-bond acceptors (Lipinski definition) is 14. The highest BCUT2D eigenvalue weighted by Crippen LogP contribution is 2.39. The number of carbonyl (C=O) groups excluding carboxylic acids is 1. The number of carbonyl (C=O) groups is 1. The Kier molecular flexibility index (Phi) is 14.4. The molecule has 298 valence electrons. The van der Waals surface area contributed by atoms with Gasteiger partial charge in [0.15, 0.2) is 12.6 Å². The molecule has 4 rings (SSSR count). The van der Waals surface area contributed by atoms with E-state index in [1.807, 2.05) is 39.6 Å². The smallest absolute Gasteiger partial charge is 0.311 e. The Bertz CT molecular complexity index is 1130. The lowest BCUT2D eigenvalue weighted by Gasteiger charge is -2.47. The highest BCUT2D eigenvalue weighted by atomic mass is 16.7. The number of esters is 1. The number of nitrogens with one attached hydrogen (secondary N) is 1. The molecule has 4 saturated heterocycles. The van der Waals surface area contributed by atoms with Crippen molar-refractivity contribution in [3.63, 3.8) is 0 Å². The molecule has 0 aromatic rings. The topological polar surface area (TPSA) is 189 Å². The Labute approximate surface area is 304 Å². The van der Waals surface area contributed by atoms with E-state index in [9.17, 15) is 30.3 Å². The summed E-state index contributed by atoms with van der Waals surface area (Å²) in [6.07, 6.45) is -6.13. The minimum absolute atomic E-state index is 0.111. The lowest BCUT2D eigenvalue weighted by molar-refractivity contribution is -0.305. The number of aliphatic hydroxyl groups is 5. The first-order valence-corrected chi connectivity index (χ1v) is 19.0. The van der Waals surface area contributed by atoms with Gasteiger partial charge in [-0.05, 0) is 92.7 Å². The Morgan fingerprint density at radius 3 is 2.29 bits per heavy atom. The molecule has 0 aromatic heterocycles. The van der Waals surface area contributed by atoms with Crippen molar-refractivity contribution >= 4 is 5.97 Å². The first-order valence-electron chi connectivity index (χ1n) is 19.0. The standard InChI is InChI=1S/C37H68N2O12/c1-11-27-36(8,44)31(41)23(5)39(10)18-20(2)15-37(45)16-21(3)30(22(4)33(43)50-27)51-28-17-35(7,32(42)24(6)48-28)47-13-12-25-14-26(38-9)29(40)34(49-25)46-19-37/h20-32,34,38,40-42,44-45H,11-19H2,1-10H3/t20-,21-,22-,23-,24+,25-,26+,27-,28-,29-,30?,31-,32+,34-,35-,36-,37-/m1/s1. The highest BCUT2D eigenvalue weighted by molar-refractivity contribution is 5.73. The fraction of sp³-hybridized carbons (Fsp3) is 0.973. The van der Waals surface area contributed by atoms with Crippen molar-refractivity contribution in [3.8, 4) is 0 Å². The fourth-order valence-corrected chi connectivity index (χ4v) is 8.87. The van der Waals surface area contributed by atoms with Crippen molar-refractivity contribution in [2.24, 2.45) is 17.8 Å². The van der Waals surface area contributed by atoms with Gasteiger partial charge in [-0.2, -0.15) is 0 Å². The normalized spacial score (nSPS) is 50.5. The minimum atomic E-state index is -1.77. The lowest BCUT2D eigenvalue weighted by atomic mass is 9.79. The maximum Gasteiger partial charge on any atom is 0.311 e. The van der Waals surface area contributed by atoms with Crippen LogP contribution in [-0.2, 0) is 33.2 Å². The summed E-state index contributed by atoms with van der Waals surface area (Å²) in [6, 6.07) is -0.845. The van der Waals surface area contributed by atoms with Gasteiger partial charge in [0.1, 0.15) is 30.0 Å². The van der Waals surface area contributed by atoms with Crippen LogP contribution >= 0.6 is 0 Å². The monoisotopic (exact) mass is 732 g/mol. The first kappa shape index (κ1) is 42.7. The Morgan fingerprint density at radius 1 is 0.961 bits per heavy atom. The molecule has 0 spiro atoms. The maximum absolute atomic E-state index is 14.0. The summed E-state index contributed by atoms with van der Waals surface area (Å²) in [4.78, 5) is 15.9. The average molecular weight is 733 g/mol. The van der Waals surface area contributed by atoms with Gasteiger partial charge in [-0.1, -0.05) is 20.8 Å². The van der Waals surface area contributed by atoms with Crippen molar-refractivity contribution in [2.45, 2.75) is 178 Å². The molecule has 4 fully saturated rings. The van der Waals surface area contributed by atoms with Crippen LogP contribution in [0.5, 0.6) is 0 Å². The molecule has 14 nitrogen and oxygen atoms in total. The van der Waals surface area contributed by atoms with Crippen LogP contribution in [0.4, 0.5) is 0 Å². The van der Waals surface area contributed by atoms with Crippen LogP contribution in [0.25, 0.3) is 0 Å². The lowest BCUT2D eigenvalue weighted by Crippen LogP contribution is -2.59. The van der Waals surface area contributed by atoms with Gasteiger partial charge < -0.3 is 64.2 Å². The van der Waals surface area contributed by atoms with Crippen LogP contribution < -0.4 is 5.32 Å². The van der Waals surface area contributed by atoms with E-state index in [-0.39, 0.29) is 57.0 Å². The van der Waals surface area contributed by atoms with E-state index in [1.165, 1.54) is 6.92 Å². The van der Waals surface area contributed by atoms with Crippen molar-refractivity contribution in [3.05, 3.63) is 0 Å². The molecule has 4 aliphatic heterocycles. The summed E-state index contributed by atoms with van der Waals surface area (Å²) in [6.45, 7) is 14.8. The number of aliphatic hydroxyl groups excluding tert-OH is 3. The van der Waals surface area contributed by atoms with Crippen LogP contribution in [0.3, 0.4) is 0 Å². The van der Waals surface area contributed by atoms with Gasteiger partial charge in [0.05, 0.1) is 42.0 Å². The number of rotatable bonds is 2. The van der Waals surface area contributed by atoms with Crippen LogP contribution in [0.1, 0.15) is 93.9 Å². The van der Waals surface area contributed by atoms with Gasteiger partial charge in [0, 0.05) is 31.7 Å². The molecule has 4 heterocycles. The summed E-state index contributed by atoms with van der Waals surface area (Å²) >= 11 is 0. The average Bonchev–Trinajstić information content (AvgIpc) is 3.06. The summed E-state index contributed by atoms with van der Waals surface area (Å²) in [7, 11) is 3.62. The SMILES string of the molecule is CC[C@H]1OC(=O)[C@H](C)C2O[C@@H]3C[C@@](C)(OCC[C@@H]4C[C@H](NC)[C@@H](O)[C@H](OC[C@@](O)(C[C@@H](C)CN(C)[C@H](C)[C@@H](O)[C@]1(C)O)C[C@H]2C)O4)[C@@H](O)[C@H](C)O3. The van der Waals surface area contributed by atoms with Gasteiger partial charge in [-0.25, -0.2) is 0 Å². The molecule has 0 aliphatic carbocycles. The molecular weight excluding hydrogens is 664 g/mol. The molecule has 0 amide bonds. The Hall–Kier alpha value is -1.01. The van der Waals surface area contributed by atoms with Gasteiger partial charge in [-0.15, -0.1) is 0 Å². The van der Waals surface area contributed by atoms with E-state index in [4.69, 9.17) is 28.4 Å². The van der Waals surface area contributed by atoms with Crippen LogP contribution in [-0.4, -0.2) is 154 Å². The van der Waals surface area contributed by atoms with Gasteiger partial charge >= 0.3 is 5.97 Å². The zero-order valence-electron chi connectivity index (χ0n) is 32.5. The molecule has 14 heteroatoms. The zero-order chi connectivity index (χ0) is 38.1. The van der Waals surface area contributed by atoms with E-state index in [0.717, 1.165) is 0 Å². The van der Waals surface area contributed by atoms with Crippen molar-refractivity contribution in [2.75, 3.05) is 33.9 Å². The molecule has 4 aliphatic rings. The molecule has 0 radical (unpaired) electrons. The van der Waals surface area contributed by atoms with E-state index in [1.54, 1.807) is 27.8 Å². The van der Waals surface area contributed by atoms with Gasteiger partial charge in [-0.3, -0.25) is 4.79 Å². The number of likely N-dealkylation sites (N-methyl/N-ethyl adjacent to an activating group) is 2. The third-order valence-electron chi connectivity index (χ3n) is 12.1. The highest BCUT2D eigenvalue weighted by Gasteiger charge is 2.50. The predicted molar refractivity (Wildman–Crippen MR) is 187 cm³/mol. The number of hydrogen-bond donors (Lipinski definition) is 6. The maximum atomic E-state index is 14.0. The van der Waals surface area contributed by atoms with Crippen LogP contribution in [0.2, 0.25) is 0 Å². The second-order valence-corrected chi connectivity index (χ2v) is 16.7. The molecule has 0 aromatic carbocycles. The third-order valence-corrected chi connectivity index (χ3v) is 12.1. The van der Waals surface area contributed by atoms with Crippen molar-refractivity contribution in [1.29, 1.82) is 0 Å². The second kappa shape index (κ2) is 17.2. The molecule has 6 bridgehead atoms. The first-order chi connectivity index (χ1) is 23.7. The number of cyclic esters (lactones) is 1. The van der Waals surface area contributed by atoms with Crippen molar-refractivity contribution in [1.82, 2.24) is 10.2 Å². The summed E-state index contributed by atoms with van der Waals surface area (Å²) in [5.74, 6) is -2.11. The fourth-order valence-electron chi connectivity index (χ4n) is 8.87. The predicted octanol–water partition coefficient (Wildman–Crippen LogP) is 1.31. The summed E-state index contributed by atoms with van der Waals surface area (Å²) < 4.78 is 37.8. The Morgan fingerprint density at radius 2 is 1.65 bits per heavy atom. The van der Waals surface area contributed by atoms with Crippen LogP contribution in [0, 0.1) is 17.8 Å². The summed E-state index contributed by atoms with van der Waals surface area (Å²) in [5, 5.41) is 61.3. The summed E-state index contributed by atoms with van der Waals surface area (Å²) in [5.41, 5.74) is -4.29. The molecule has 0 saturated carbocycles. The van der Waals surface area contributed by atoms with E-state index < -0.39 is 89.9 Å². The van der Waals surface area contributed by atoms with E-state index >= 15 is 0 Å². The van der Waals surface area contributed by atoms with Gasteiger partial charge in [0.25, 0.3) is 0 Å². The quantitative estimate of drug-likeness (QED) is 0.223. The van der Waals surface area contributed by atoms with Crippen LogP contribution in [0.15, 0.2) is 0 Å². The van der Waals surface area contributed by atoms with Crippen molar-refractivity contribution < 1.29 is 58.7 Å². The molecule has 17 atom stereocenters. The number of nitrogens with zero attached hydrogens (tertiary/aromatic N) is 1. The van der Waals surface area contributed by atoms with E-state index in [0.29, 0.717) is 19.4 Å². The van der Waals surface area contributed by atoms with E-state index in [2.05, 4.69) is 5.32 Å². The number of ether oxygens (including phenoxy) is 6. The Balaban J connectivity index is 1.79. The van der Waals surface area contributed by atoms with Gasteiger partial charge in [0.2, 0.25) is 0 Å². The largest absolute Gasteiger partial charge is 0.459 e. The number of fused-ring (bicyclic) bond motifs is 7. The molecule has 1 unspecified atom stereocenters.